The molecule has 0 spiro atoms. The lowest BCUT2D eigenvalue weighted by atomic mass is 10.0. The minimum absolute atomic E-state index is 0.231. The summed E-state index contributed by atoms with van der Waals surface area (Å²) in [6, 6.07) is 6.22. The Morgan fingerprint density at radius 1 is 1.07 bits per heavy atom. The number of carbonyl (C=O) groups excluding carboxylic acids is 2. The van der Waals surface area contributed by atoms with Crippen LogP contribution >= 0.6 is 0 Å². The minimum Gasteiger partial charge on any atom is -0.490 e. The number of amides is 2. The lowest BCUT2D eigenvalue weighted by Gasteiger charge is -2.28. The largest absolute Gasteiger partial charge is 0.490 e. The fourth-order valence-electron chi connectivity index (χ4n) is 3.09. The topological polar surface area (TPSA) is 65.1 Å². The summed E-state index contributed by atoms with van der Waals surface area (Å²) in [6.45, 7) is 13.0. The van der Waals surface area contributed by atoms with Gasteiger partial charge in [-0.25, -0.2) is 14.5 Å². The summed E-state index contributed by atoms with van der Waals surface area (Å²) in [7, 11) is 0. The maximum absolute atomic E-state index is 12.5. The molecule has 1 aromatic carbocycles. The van der Waals surface area contributed by atoms with Gasteiger partial charge >= 0.3 is 12.2 Å². The van der Waals surface area contributed by atoms with E-state index >= 15 is 0 Å². The molecule has 1 aliphatic rings. The lowest BCUT2D eigenvalue weighted by molar-refractivity contribution is 0.00130. The zero-order chi connectivity index (χ0) is 21.8. The van der Waals surface area contributed by atoms with Crippen LogP contribution in [0.2, 0.25) is 0 Å². The Morgan fingerprint density at radius 3 is 2.17 bits per heavy atom. The maximum Gasteiger partial charge on any atom is 0.419 e. The molecule has 0 aliphatic carbocycles. The summed E-state index contributed by atoms with van der Waals surface area (Å²) >= 11 is 0. The van der Waals surface area contributed by atoms with E-state index in [-0.39, 0.29) is 12.6 Å². The molecule has 6 heteroatoms. The first-order chi connectivity index (χ1) is 13.4. The molecular formula is C23H35NO5. The third kappa shape index (κ3) is 7.26. The van der Waals surface area contributed by atoms with Gasteiger partial charge in [-0.15, -0.1) is 0 Å². The number of nitrogens with zero attached hydrogens (tertiary/aromatic N) is 1. The number of carbonyl (C=O) groups is 2. The molecule has 0 fully saturated rings. The molecule has 0 saturated heterocycles. The van der Waals surface area contributed by atoms with Gasteiger partial charge in [-0.1, -0.05) is 19.1 Å². The molecule has 1 aliphatic heterocycles. The highest BCUT2D eigenvalue weighted by atomic mass is 16.6. The van der Waals surface area contributed by atoms with Crippen LogP contribution < -0.4 is 4.74 Å². The van der Waals surface area contributed by atoms with E-state index in [1.54, 1.807) is 41.5 Å². The molecule has 0 bridgehead atoms. The molecule has 29 heavy (non-hydrogen) atoms. The third-order valence-corrected chi connectivity index (χ3v) is 4.40. The standard InChI is InChI=1S/C23H35NO5/c1-8-18-15-17-14-16(11-12-19(17)27-18)10-9-13-24(20(25)28-22(2,3)4)21(26)29-23(5,6)7/h11-12,14,18H,8-10,13,15H2,1-7H3. The Hall–Kier alpha value is -2.24. The van der Waals surface area contributed by atoms with Gasteiger partial charge in [-0.3, -0.25) is 0 Å². The number of ether oxygens (including phenoxy) is 3. The molecule has 1 atom stereocenters. The second kappa shape index (κ2) is 9.06. The molecule has 1 unspecified atom stereocenters. The molecule has 0 radical (unpaired) electrons. The van der Waals surface area contributed by atoms with Crippen molar-refractivity contribution in [3.05, 3.63) is 29.3 Å². The van der Waals surface area contributed by atoms with Gasteiger partial charge in [0, 0.05) is 13.0 Å². The van der Waals surface area contributed by atoms with Crippen LogP contribution in [0.25, 0.3) is 0 Å². The minimum atomic E-state index is -0.687. The Bertz CT molecular complexity index is 702. The van der Waals surface area contributed by atoms with Crippen LogP contribution in [0.3, 0.4) is 0 Å². The van der Waals surface area contributed by atoms with Crippen molar-refractivity contribution >= 4 is 12.2 Å². The average molecular weight is 406 g/mol. The average Bonchev–Trinajstić information content (AvgIpc) is 2.97. The van der Waals surface area contributed by atoms with Crippen LogP contribution in [-0.4, -0.2) is 40.9 Å². The van der Waals surface area contributed by atoms with E-state index in [2.05, 4.69) is 13.0 Å². The number of benzene rings is 1. The van der Waals surface area contributed by atoms with Crippen LogP contribution in [0.4, 0.5) is 9.59 Å². The van der Waals surface area contributed by atoms with Gasteiger partial charge < -0.3 is 14.2 Å². The molecule has 0 aromatic heterocycles. The van der Waals surface area contributed by atoms with Gasteiger partial charge in [-0.2, -0.15) is 0 Å². The van der Waals surface area contributed by atoms with Crippen molar-refractivity contribution in [2.24, 2.45) is 0 Å². The van der Waals surface area contributed by atoms with E-state index in [4.69, 9.17) is 14.2 Å². The van der Waals surface area contributed by atoms with Gasteiger partial charge in [0.15, 0.2) is 0 Å². The SMILES string of the molecule is CCC1Cc2cc(CCCN(C(=O)OC(C)(C)C)C(=O)OC(C)(C)C)ccc2O1. The molecule has 1 aromatic rings. The second-order valence-electron chi connectivity index (χ2n) is 9.51. The zero-order valence-corrected chi connectivity index (χ0v) is 18.8. The number of fused-ring (bicyclic) bond motifs is 1. The number of aryl methyl sites for hydroxylation is 1. The van der Waals surface area contributed by atoms with Crippen molar-refractivity contribution in [2.45, 2.75) is 91.5 Å². The fraction of sp³-hybridized carbons (Fsp3) is 0.652. The van der Waals surface area contributed by atoms with Gasteiger partial charge in [0.05, 0.1) is 0 Å². The highest BCUT2D eigenvalue weighted by Gasteiger charge is 2.30. The Morgan fingerprint density at radius 2 is 1.66 bits per heavy atom. The predicted octanol–water partition coefficient (Wildman–Crippen LogP) is 5.50. The Kier molecular flexibility index (Phi) is 7.20. The van der Waals surface area contributed by atoms with Crippen LogP contribution in [0, 0.1) is 0 Å². The van der Waals surface area contributed by atoms with E-state index in [9.17, 15) is 9.59 Å². The Balaban J connectivity index is 2.00. The molecule has 1 heterocycles. The van der Waals surface area contributed by atoms with Crippen LogP contribution in [0.1, 0.15) is 72.4 Å². The molecule has 162 valence electrons. The number of imide groups is 1. The molecule has 6 nitrogen and oxygen atoms in total. The summed E-state index contributed by atoms with van der Waals surface area (Å²) in [5, 5.41) is 0. The van der Waals surface area contributed by atoms with Crippen molar-refractivity contribution < 1.29 is 23.8 Å². The lowest BCUT2D eigenvalue weighted by Crippen LogP contribution is -2.44. The van der Waals surface area contributed by atoms with E-state index < -0.39 is 23.4 Å². The first-order valence-electron chi connectivity index (χ1n) is 10.4. The Labute approximate surface area is 174 Å². The summed E-state index contributed by atoms with van der Waals surface area (Å²) in [5.41, 5.74) is 1.02. The fourth-order valence-corrected chi connectivity index (χ4v) is 3.09. The third-order valence-electron chi connectivity index (χ3n) is 4.40. The zero-order valence-electron chi connectivity index (χ0n) is 18.8. The molecule has 0 saturated carbocycles. The van der Waals surface area contributed by atoms with Crippen molar-refractivity contribution in [3.8, 4) is 5.75 Å². The van der Waals surface area contributed by atoms with E-state index in [0.717, 1.165) is 35.5 Å². The summed E-state index contributed by atoms with van der Waals surface area (Å²) in [4.78, 5) is 26.1. The number of hydrogen-bond donors (Lipinski definition) is 0. The van der Waals surface area contributed by atoms with Gasteiger partial charge in [0.2, 0.25) is 0 Å². The molecular weight excluding hydrogens is 370 g/mol. The van der Waals surface area contributed by atoms with Crippen LogP contribution in [0.5, 0.6) is 5.75 Å². The summed E-state index contributed by atoms with van der Waals surface area (Å²) < 4.78 is 16.7. The van der Waals surface area contributed by atoms with Crippen molar-refractivity contribution in [3.63, 3.8) is 0 Å². The second-order valence-corrected chi connectivity index (χ2v) is 9.51. The van der Waals surface area contributed by atoms with Crippen molar-refractivity contribution in [1.82, 2.24) is 4.90 Å². The first kappa shape index (κ1) is 23.0. The smallest absolute Gasteiger partial charge is 0.419 e. The van der Waals surface area contributed by atoms with E-state index in [1.807, 2.05) is 12.1 Å². The highest BCUT2D eigenvalue weighted by molar-refractivity contribution is 5.88. The van der Waals surface area contributed by atoms with Crippen LogP contribution in [-0.2, 0) is 22.3 Å². The van der Waals surface area contributed by atoms with Gasteiger partial charge in [-0.05, 0) is 78.0 Å². The number of rotatable bonds is 5. The maximum atomic E-state index is 12.5. The first-order valence-corrected chi connectivity index (χ1v) is 10.4. The summed E-state index contributed by atoms with van der Waals surface area (Å²) in [5.74, 6) is 0.963. The van der Waals surface area contributed by atoms with Crippen molar-refractivity contribution in [2.75, 3.05) is 6.54 Å². The molecule has 2 amide bonds. The molecule has 2 rings (SSSR count). The van der Waals surface area contributed by atoms with Crippen LogP contribution in [0.15, 0.2) is 18.2 Å². The number of hydrogen-bond acceptors (Lipinski definition) is 5. The molecule has 0 N–H and O–H groups in total. The van der Waals surface area contributed by atoms with Gasteiger partial charge in [0.25, 0.3) is 0 Å². The summed E-state index contributed by atoms with van der Waals surface area (Å²) in [6.07, 6.45) is 2.18. The quantitative estimate of drug-likeness (QED) is 0.647. The van der Waals surface area contributed by atoms with E-state index in [0.29, 0.717) is 6.42 Å². The highest BCUT2D eigenvalue weighted by Crippen LogP contribution is 2.31. The van der Waals surface area contributed by atoms with E-state index in [1.165, 1.54) is 5.56 Å². The predicted molar refractivity (Wildman–Crippen MR) is 112 cm³/mol. The van der Waals surface area contributed by atoms with Gasteiger partial charge in [0.1, 0.15) is 23.1 Å². The monoisotopic (exact) mass is 405 g/mol. The van der Waals surface area contributed by atoms with Crippen molar-refractivity contribution in [1.29, 1.82) is 0 Å². The normalized spacial score (nSPS) is 16.0.